The lowest BCUT2D eigenvalue weighted by molar-refractivity contribution is -0.0202. The van der Waals surface area contributed by atoms with Crippen molar-refractivity contribution < 1.29 is 5.11 Å². The number of aromatic nitrogens is 2. The third-order valence-corrected chi connectivity index (χ3v) is 3.79. The molecule has 3 N–H and O–H groups in total. The number of hydrogen-bond donors (Lipinski definition) is 3. The molecule has 1 heterocycles. The van der Waals surface area contributed by atoms with E-state index in [1.807, 2.05) is 14.0 Å². The summed E-state index contributed by atoms with van der Waals surface area (Å²) < 4.78 is 0. The molecule has 1 fully saturated rings. The molecule has 2 rings (SSSR count). The molecule has 0 bridgehead atoms. The van der Waals surface area contributed by atoms with Crippen LogP contribution in [0.3, 0.4) is 0 Å². The summed E-state index contributed by atoms with van der Waals surface area (Å²) >= 11 is 0. The Morgan fingerprint density at radius 3 is 2.37 bits per heavy atom. The first-order valence-corrected chi connectivity index (χ1v) is 6.98. The van der Waals surface area contributed by atoms with Crippen LogP contribution in [0.1, 0.15) is 50.4 Å². The third kappa shape index (κ3) is 2.97. The molecular weight excluding hydrogens is 240 g/mol. The lowest BCUT2D eigenvalue weighted by Crippen LogP contribution is -2.43. The molecule has 1 aromatic heterocycles. The van der Waals surface area contributed by atoms with Gasteiger partial charge < -0.3 is 15.7 Å². The van der Waals surface area contributed by atoms with Crippen molar-refractivity contribution in [3.05, 3.63) is 11.4 Å². The van der Waals surface area contributed by atoms with E-state index in [1.54, 1.807) is 0 Å². The standard InChI is InChI=1S/C14H24N4O/c1-9(2)11-17-12(15-4)10(3)13(18-11)16-8-14(19)6-5-7-14/h9,19H,5-8H2,1-4H3,(H2,15,16,17,18). The average Bonchev–Trinajstić information content (AvgIpc) is 2.35. The van der Waals surface area contributed by atoms with Gasteiger partial charge in [-0.25, -0.2) is 9.97 Å². The Hall–Kier alpha value is -1.36. The van der Waals surface area contributed by atoms with Crippen LogP contribution >= 0.6 is 0 Å². The SMILES string of the molecule is CNc1nc(C(C)C)nc(NCC2(O)CCC2)c1C. The minimum Gasteiger partial charge on any atom is -0.388 e. The first-order valence-electron chi connectivity index (χ1n) is 6.98. The van der Waals surface area contributed by atoms with E-state index in [4.69, 9.17) is 0 Å². The topological polar surface area (TPSA) is 70.1 Å². The molecule has 0 atom stereocenters. The van der Waals surface area contributed by atoms with E-state index in [9.17, 15) is 5.11 Å². The maximum atomic E-state index is 10.1. The van der Waals surface area contributed by atoms with Crippen LogP contribution in [-0.4, -0.2) is 34.3 Å². The molecule has 1 aliphatic rings. The van der Waals surface area contributed by atoms with Crippen LogP contribution in [0.4, 0.5) is 11.6 Å². The third-order valence-electron chi connectivity index (χ3n) is 3.79. The van der Waals surface area contributed by atoms with Crippen LogP contribution in [0, 0.1) is 6.92 Å². The number of anilines is 2. The Bertz CT molecular complexity index is 455. The van der Waals surface area contributed by atoms with Gasteiger partial charge in [0.25, 0.3) is 0 Å². The van der Waals surface area contributed by atoms with Crippen molar-refractivity contribution in [2.45, 2.75) is 51.6 Å². The van der Waals surface area contributed by atoms with Gasteiger partial charge in [0.1, 0.15) is 17.5 Å². The number of rotatable bonds is 5. The zero-order valence-electron chi connectivity index (χ0n) is 12.2. The lowest BCUT2D eigenvalue weighted by atomic mass is 9.80. The van der Waals surface area contributed by atoms with Crippen molar-refractivity contribution in [1.82, 2.24) is 9.97 Å². The monoisotopic (exact) mass is 264 g/mol. The van der Waals surface area contributed by atoms with Crippen LogP contribution in [0.5, 0.6) is 0 Å². The highest BCUT2D eigenvalue weighted by molar-refractivity contribution is 5.57. The fourth-order valence-corrected chi connectivity index (χ4v) is 2.22. The molecule has 0 aliphatic heterocycles. The van der Waals surface area contributed by atoms with Crippen LogP contribution < -0.4 is 10.6 Å². The molecular formula is C14H24N4O. The normalized spacial score (nSPS) is 17.2. The van der Waals surface area contributed by atoms with Gasteiger partial charge in [0.05, 0.1) is 5.60 Å². The molecule has 0 aromatic carbocycles. The van der Waals surface area contributed by atoms with Crippen LogP contribution in [0.25, 0.3) is 0 Å². The lowest BCUT2D eigenvalue weighted by Gasteiger charge is -2.36. The van der Waals surface area contributed by atoms with Gasteiger partial charge in [-0.15, -0.1) is 0 Å². The zero-order chi connectivity index (χ0) is 14.0. The number of nitrogens with zero attached hydrogens (tertiary/aromatic N) is 2. The van der Waals surface area contributed by atoms with Crippen LogP contribution in [0.15, 0.2) is 0 Å². The molecule has 1 aromatic rings. The van der Waals surface area contributed by atoms with Gasteiger partial charge in [0, 0.05) is 25.1 Å². The minimum atomic E-state index is -0.546. The van der Waals surface area contributed by atoms with Crippen molar-refractivity contribution >= 4 is 11.6 Å². The van der Waals surface area contributed by atoms with Gasteiger partial charge in [0.2, 0.25) is 0 Å². The molecule has 0 radical (unpaired) electrons. The zero-order valence-corrected chi connectivity index (χ0v) is 12.2. The molecule has 5 heteroatoms. The van der Waals surface area contributed by atoms with E-state index >= 15 is 0 Å². The molecule has 0 unspecified atom stereocenters. The largest absolute Gasteiger partial charge is 0.388 e. The van der Waals surface area contributed by atoms with Gasteiger partial charge in [-0.05, 0) is 26.2 Å². The first-order chi connectivity index (χ1) is 8.95. The number of hydrogen-bond acceptors (Lipinski definition) is 5. The Labute approximate surface area is 114 Å². The second-order valence-electron chi connectivity index (χ2n) is 5.74. The van der Waals surface area contributed by atoms with E-state index in [0.29, 0.717) is 6.54 Å². The van der Waals surface area contributed by atoms with Crippen molar-refractivity contribution in [3.8, 4) is 0 Å². The Balaban J connectivity index is 2.20. The maximum absolute atomic E-state index is 10.1. The summed E-state index contributed by atoms with van der Waals surface area (Å²) in [5.41, 5.74) is 0.449. The quantitative estimate of drug-likeness (QED) is 0.761. The van der Waals surface area contributed by atoms with E-state index < -0.39 is 5.60 Å². The Morgan fingerprint density at radius 2 is 1.89 bits per heavy atom. The fraction of sp³-hybridized carbons (Fsp3) is 0.714. The van der Waals surface area contributed by atoms with Crippen molar-refractivity contribution in [2.24, 2.45) is 0 Å². The molecule has 1 aliphatic carbocycles. The molecule has 0 saturated heterocycles. The van der Waals surface area contributed by atoms with E-state index in [2.05, 4.69) is 34.4 Å². The van der Waals surface area contributed by atoms with E-state index in [-0.39, 0.29) is 5.92 Å². The highest BCUT2D eigenvalue weighted by Crippen LogP contribution is 2.32. The second-order valence-corrected chi connectivity index (χ2v) is 5.74. The van der Waals surface area contributed by atoms with Gasteiger partial charge in [-0.3, -0.25) is 0 Å². The maximum Gasteiger partial charge on any atom is 0.135 e. The Morgan fingerprint density at radius 1 is 1.26 bits per heavy atom. The van der Waals surface area contributed by atoms with Gasteiger partial charge in [-0.2, -0.15) is 0 Å². The summed E-state index contributed by atoms with van der Waals surface area (Å²) in [6, 6.07) is 0. The van der Waals surface area contributed by atoms with Crippen molar-refractivity contribution in [1.29, 1.82) is 0 Å². The molecule has 19 heavy (non-hydrogen) atoms. The van der Waals surface area contributed by atoms with Gasteiger partial charge in [-0.1, -0.05) is 13.8 Å². The minimum absolute atomic E-state index is 0.278. The van der Waals surface area contributed by atoms with Crippen molar-refractivity contribution in [2.75, 3.05) is 24.2 Å². The van der Waals surface area contributed by atoms with E-state index in [1.165, 1.54) is 0 Å². The smallest absolute Gasteiger partial charge is 0.135 e. The average molecular weight is 264 g/mol. The predicted octanol–water partition coefficient (Wildman–Crippen LogP) is 2.28. The summed E-state index contributed by atoms with van der Waals surface area (Å²) in [7, 11) is 1.86. The summed E-state index contributed by atoms with van der Waals surface area (Å²) in [6.45, 7) is 6.70. The van der Waals surface area contributed by atoms with E-state index in [0.717, 1.165) is 42.3 Å². The summed E-state index contributed by atoms with van der Waals surface area (Å²) in [6.07, 6.45) is 2.86. The number of aliphatic hydroxyl groups is 1. The number of nitrogens with one attached hydrogen (secondary N) is 2. The Kier molecular flexibility index (Phi) is 3.94. The molecule has 0 spiro atoms. The van der Waals surface area contributed by atoms with Crippen LogP contribution in [0.2, 0.25) is 0 Å². The predicted molar refractivity (Wildman–Crippen MR) is 77.7 cm³/mol. The van der Waals surface area contributed by atoms with Gasteiger partial charge >= 0.3 is 0 Å². The van der Waals surface area contributed by atoms with Crippen LogP contribution in [-0.2, 0) is 0 Å². The fourth-order valence-electron chi connectivity index (χ4n) is 2.22. The van der Waals surface area contributed by atoms with Crippen molar-refractivity contribution in [3.63, 3.8) is 0 Å². The molecule has 106 valence electrons. The summed E-state index contributed by atoms with van der Waals surface area (Å²) in [5.74, 6) is 2.77. The summed E-state index contributed by atoms with van der Waals surface area (Å²) in [4.78, 5) is 9.07. The highest BCUT2D eigenvalue weighted by Gasteiger charge is 2.34. The summed E-state index contributed by atoms with van der Waals surface area (Å²) in [5, 5.41) is 16.5. The second kappa shape index (κ2) is 5.33. The first kappa shape index (κ1) is 14.1. The molecule has 1 saturated carbocycles. The molecule has 0 amide bonds. The molecule has 5 nitrogen and oxygen atoms in total. The highest BCUT2D eigenvalue weighted by atomic mass is 16.3. The van der Waals surface area contributed by atoms with Gasteiger partial charge in [0.15, 0.2) is 0 Å².